The molecule has 0 unspecified atom stereocenters. The second-order valence-electron chi connectivity index (χ2n) is 8.99. The van der Waals surface area contributed by atoms with Gasteiger partial charge in [0.05, 0.1) is 10.8 Å². The highest BCUT2D eigenvalue weighted by molar-refractivity contribution is 5.73. The predicted octanol–water partition coefficient (Wildman–Crippen LogP) is 4.58. The molecule has 0 aliphatic carbocycles. The van der Waals surface area contributed by atoms with Gasteiger partial charge in [0, 0.05) is 11.1 Å². The SMILES string of the molecule is Cc1c(O)c(CCCC(C)(C)C(=O)O)c(C)c(O)c1CCCC(C)(C)C(=O)O. The molecule has 0 spiro atoms. The number of carboxylic acid groups (broad SMARTS) is 2. The van der Waals surface area contributed by atoms with Gasteiger partial charge in [-0.1, -0.05) is 0 Å². The van der Waals surface area contributed by atoms with Gasteiger partial charge in [-0.05, 0) is 91.2 Å². The highest BCUT2D eigenvalue weighted by atomic mass is 16.4. The van der Waals surface area contributed by atoms with E-state index in [0.29, 0.717) is 60.8 Å². The molecule has 0 aliphatic rings. The van der Waals surface area contributed by atoms with Crippen LogP contribution < -0.4 is 0 Å². The molecule has 0 bridgehead atoms. The van der Waals surface area contributed by atoms with Crippen LogP contribution in [0.2, 0.25) is 0 Å². The topological polar surface area (TPSA) is 115 Å². The van der Waals surface area contributed by atoms with Crippen molar-refractivity contribution in [2.24, 2.45) is 10.8 Å². The smallest absolute Gasteiger partial charge is 0.309 e. The third-order valence-electron chi connectivity index (χ3n) is 5.80. The summed E-state index contributed by atoms with van der Waals surface area (Å²) < 4.78 is 0. The molecule has 1 aromatic carbocycles. The quantitative estimate of drug-likeness (QED) is 0.432. The number of rotatable bonds is 10. The lowest BCUT2D eigenvalue weighted by Crippen LogP contribution is -2.23. The summed E-state index contributed by atoms with van der Waals surface area (Å²) in [5, 5.41) is 39.7. The zero-order chi connectivity index (χ0) is 21.9. The van der Waals surface area contributed by atoms with E-state index in [2.05, 4.69) is 0 Å². The Balaban J connectivity index is 2.96. The van der Waals surface area contributed by atoms with Gasteiger partial charge in [-0.25, -0.2) is 0 Å². The van der Waals surface area contributed by atoms with Gasteiger partial charge in [0.15, 0.2) is 0 Å². The van der Waals surface area contributed by atoms with E-state index in [-0.39, 0.29) is 11.5 Å². The molecule has 28 heavy (non-hydrogen) atoms. The maximum atomic E-state index is 11.2. The molecule has 0 fully saturated rings. The normalized spacial score (nSPS) is 12.2. The molecular weight excluding hydrogens is 360 g/mol. The Morgan fingerprint density at radius 1 is 0.714 bits per heavy atom. The van der Waals surface area contributed by atoms with Crippen LogP contribution in [0.25, 0.3) is 0 Å². The van der Waals surface area contributed by atoms with Crippen molar-refractivity contribution in [2.75, 3.05) is 0 Å². The van der Waals surface area contributed by atoms with Crippen molar-refractivity contribution in [3.63, 3.8) is 0 Å². The number of carboxylic acids is 2. The van der Waals surface area contributed by atoms with Crippen LogP contribution in [-0.4, -0.2) is 32.4 Å². The molecule has 158 valence electrons. The largest absolute Gasteiger partial charge is 0.507 e. The van der Waals surface area contributed by atoms with Crippen LogP contribution in [0.3, 0.4) is 0 Å². The molecule has 6 heteroatoms. The summed E-state index contributed by atoms with van der Waals surface area (Å²) in [6.07, 6.45) is 3.06. The summed E-state index contributed by atoms with van der Waals surface area (Å²) in [6, 6.07) is 0. The molecule has 0 aliphatic heterocycles. The fraction of sp³-hybridized carbons (Fsp3) is 0.636. The van der Waals surface area contributed by atoms with E-state index < -0.39 is 22.8 Å². The molecule has 1 aromatic rings. The lowest BCUT2D eigenvalue weighted by Gasteiger charge is -2.22. The van der Waals surface area contributed by atoms with Gasteiger partial charge in [0.2, 0.25) is 0 Å². The monoisotopic (exact) mass is 394 g/mol. The van der Waals surface area contributed by atoms with Gasteiger partial charge in [0.1, 0.15) is 11.5 Å². The predicted molar refractivity (Wildman–Crippen MR) is 108 cm³/mol. The highest BCUT2D eigenvalue weighted by Gasteiger charge is 2.28. The van der Waals surface area contributed by atoms with E-state index >= 15 is 0 Å². The number of aliphatic carboxylic acids is 2. The molecule has 6 nitrogen and oxygen atoms in total. The van der Waals surface area contributed by atoms with E-state index in [9.17, 15) is 30.0 Å². The molecular formula is C22H34O6. The van der Waals surface area contributed by atoms with Gasteiger partial charge in [-0.15, -0.1) is 0 Å². The fourth-order valence-corrected chi connectivity index (χ4v) is 3.33. The molecule has 1 rings (SSSR count). The fourth-order valence-electron chi connectivity index (χ4n) is 3.33. The van der Waals surface area contributed by atoms with Crippen LogP contribution in [0.5, 0.6) is 11.5 Å². The standard InChI is InChI=1S/C22H34O6/c1-13-15(9-7-11-21(3,4)19(25)26)18(24)14(2)16(17(13)23)10-8-12-22(5,6)20(27)28/h23-24H,7-12H2,1-6H3,(H,25,26)(H,27,28). The van der Waals surface area contributed by atoms with Crippen molar-refractivity contribution >= 4 is 11.9 Å². The molecule has 0 saturated carbocycles. The van der Waals surface area contributed by atoms with Crippen molar-refractivity contribution < 1.29 is 30.0 Å². The van der Waals surface area contributed by atoms with E-state index in [1.807, 2.05) is 0 Å². The van der Waals surface area contributed by atoms with Crippen molar-refractivity contribution in [3.05, 3.63) is 22.3 Å². The third-order valence-corrected chi connectivity index (χ3v) is 5.80. The van der Waals surface area contributed by atoms with Gasteiger partial charge in [0.25, 0.3) is 0 Å². The van der Waals surface area contributed by atoms with Crippen molar-refractivity contribution in [3.8, 4) is 11.5 Å². The van der Waals surface area contributed by atoms with Crippen LogP contribution in [0.15, 0.2) is 0 Å². The summed E-state index contributed by atoms with van der Waals surface area (Å²) in [5.41, 5.74) is 0.818. The van der Waals surface area contributed by atoms with Gasteiger partial charge in [-0.2, -0.15) is 0 Å². The summed E-state index contributed by atoms with van der Waals surface area (Å²) in [7, 11) is 0. The number of benzene rings is 1. The zero-order valence-electron chi connectivity index (χ0n) is 17.8. The second kappa shape index (κ2) is 8.84. The highest BCUT2D eigenvalue weighted by Crippen LogP contribution is 2.39. The first-order chi connectivity index (χ1) is 12.7. The molecule has 0 heterocycles. The van der Waals surface area contributed by atoms with Crippen LogP contribution >= 0.6 is 0 Å². The van der Waals surface area contributed by atoms with Crippen molar-refractivity contribution in [1.82, 2.24) is 0 Å². The number of phenols is 2. The summed E-state index contributed by atoms with van der Waals surface area (Å²) in [4.78, 5) is 22.5. The van der Waals surface area contributed by atoms with Gasteiger partial charge < -0.3 is 20.4 Å². The Bertz CT molecular complexity index is 654. The molecule has 0 saturated heterocycles. The van der Waals surface area contributed by atoms with Crippen LogP contribution in [-0.2, 0) is 22.4 Å². The number of aromatic hydroxyl groups is 2. The average molecular weight is 395 g/mol. The molecule has 0 aromatic heterocycles. The number of phenolic OH excluding ortho intramolecular Hbond substituents is 2. The van der Waals surface area contributed by atoms with Crippen LogP contribution in [0.4, 0.5) is 0 Å². The Morgan fingerprint density at radius 3 is 1.25 bits per heavy atom. The maximum Gasteiger partial charge on any atom is 0.309 e. The first kappa shape index (κ1) is 23.8. The number of hydrogen-bond donors (Lipinski definition) is 4. The first-order valence-electron chi connectivity index (χ1n) is 9.72. The number of carbonyl (C=O) groups is 2. The average Bonchev–Trinajstić information content (AvgIpc) is 2.58. The van der Waals surface area contributed by atoms with Crippen molar-refractivity contribution in [2.45, 2.75) is 80.1 Å². The Hall–Kier alpha value is -2.24. The van der Waals surface area contributed by atoms with E-state index in [0.717, 1.165) is 0 Å². The van der Waals surface area contributed by atoms with E-state index in [1.165, 1.54) is 0 Å². The molecule has 0 atom stereocenters. The van der Waals surface area contributed by atoms with E-state index in [4.69, 9.17) is 0 Å². The number of hydrogen-bond acceptors (Lipinski definition) is 4. The Labute approximate surface area is 167 Å². The maximum absolute atomic E-state index is 11.2. The van der Waals surface area contributed by atoms with Gasteiger partial charge in [-0.3, -0.25) is 9.59 Å². The minimum absolute atomic E-state index is 0.135. The van der Waals surface area contributed by atoms with Crippen molar-refractivity contribution in [1.29, 1.82) is 0 Å². The summed E-state index contributed by atoms with van der Waals surface area (Å²) in [5.74, 6) is -1.44. The lowest BCUT2D eigenvalue weighted by atomic mass is 9.84. The second-order valence-corrected chi connectivity index (χ2v) is 8.99. The summed E-state index contributed by atoms with van der Waals surface area (Å²) >= 11 is 0. The van der Waals surface area contributed by atoms with Crippen LogP contribution in [0.1, 0.15) is 75.6 Å². The third kappa shape index (κ3) is 5.40. The first-order valence-corrected chi connectivity index (χ1v) is 9.72. The Kier molecular flexibility index (Phi) is 7.52. The Morgan fingerprint density at radius 2 is 1.00 bits per heavy atom. The molecule has 4 N–H and O–H groups in total. The van der Waals surface area contributed by atoms with Gasteiger partial charge >= 0.3 is 11.9 Å². The minimum Gasteiger partial charge on any atom is -0.507 e. The van der Waals surface area contributed by atoms with Crippen LogP contribution in [0, 0.1) is 24.7 Å². The lowest BCUT2D eigenvalue weighted by molar-refractivity contribution is -0.148. The minimum atomic E-state index is -0.855. The molecule has 0 amide bonds. The zero-order valence-corrected chi connectivity index (χ0v) is 17.8. The molecule has 0 radical (unpaired) electrons. The van der Waals surface area contributed by atoms with E-state index in [1.54, 1.807) is 41.5 Å². The summed E-state index contributed by atoms with van der Waals surface area (Å²) in [6.45, 7) is 10.2.